The molecule has 2 heterocycles. The summed E-state index contributed by atoms with van der Waals surface area (Å²) >= 11 is 0. The van der Waals surface area contributed by atoms with E-state index in [0.717, 1.165) is 55.8 Å². The summed E-state index contributed by atoms with van der Waals surface area (Å²) in [4.78, 5) is 16.0. The number of anilines is 3. The van der Waals surface area contributed by atoms with E-state index in [2.05, 4.69) is 27.2 Å². The molecule has 1 unspecified atom stereocenters. The number of hydrazine groups is 1. The quantitative estimate of drug-likeness (QED) is 0.238. The number of benzene rings is 3. The number of nitrogens with zero attached hydrogens (tertiary/aromatic N) is 2. The molecule has 10 heteroatoms. The second-order valence-corrected chi connectivity index (χ2v) is 10.3. The van der Waals surface area contributed by atoms with Gasteiger partial charge in [-0.15, -0.1) is 0 Å². The predicted octanol–water partition coefficient (Wildman–Crippen LogP) is 4.23. The summed E-state index contributed by atoms with van der Waals surface area (Å²) < 4.78 is 39.8. The minimum Gasteiger partial charge on any atom is -0.493 e. The van der Waals surface area contributed by atoms with Crippen LogP contribution in [-0.2, 0) is 10.3 Å². The van der Waals surface area contributed by atoms with E-state index >= 15 is 0 Å². The predicted molar refractivity (Wildman–Crippen MR) is 145 cm³/mol. The second kappa shape index (κ2) is 10.3. The summed E-state index contributed by atoms with van der Waals surface area (Å²) in [5, 5.41) is 2.65. The Morgan fingerprint density at radius 3 is 2.21 bits per heavy atom. The number of carbonyl (C=O) groups excluding carboxylic acids is 1. The number of amides is 2. The first-order valence-corrected chi connectivity index (χ1v) is 13.1. The van der Waals surface area contributed by atoms with E-state index in [0.29, 0.717) is 24.5 Å². The molecule has 3 fully saturated rings. The Bertz CT molecular complexity index is 1330. The molecule has 4 N–H and O–H groups in total. The molecule has 2 aliphatic heterocycles. The molecular formula is C29H31F2N5O3. The van der Waals surface area contributed by atoms with Gasteiger partial charge in [0.15, 0.2) is 0 Å². The minimum atomic E-state index is -0.627. The van der Waals surface area contributed by atoms with Gasteiger partial charge in [0.1, 0.15) is 17.4 Å². The van der Waals surface area contributed by atoms with Gasteiger partial charge in [-0.1, -0.05) is 6.07 Å². The largest absolute Gasteiger partial charge is 0.493 e. The summed E-state index contributed by atoms with van der Waals surface area (Å²) in [6.07, 6.45) is 0.737. The number of fused-ring (bicyclic) bond motifs is 1. The molecule has 3 aromatic rings. The van der Waals surface area contributed by atoms with E-state index < -0.39 is 23.3 Å². The van der Waals surface area contributed by atoms with Crippen molar-refractivity contribution >= 4 is 23.1 Å². The van der Waals surface area contributed by atoms with Crippen LogP contribution in [0.15, 0.2) is 66.7 Å². The Balaban J connectivity index is 0.983. The van der Waals surface area contributed by atoms with Gasteiger partial charge in [-0.3, -0.25) is 5.43 Å². The topological polar surface area (TPSA) is 92.1 Å². The summed E-state index contributed by atoms with van der Waals surface area (Å²) in [6.45, 7) is 4.55. The standard InChI is InChI=1S/C29H31F2N5O3/c30-20-1-10-25(27(31)15-20)29-16-26(29)19(18-39-29)17-38-24-8-6-23(7-9-24)36-13-11-35(12-14-36)22-4-2-21(3-5-22)33-28(37)34-32/h1-10,15,19,26H,11-14,16-18,32H2,(H2,33,34,37)/t19-,26?,29+/m1/s1. The van der Waals surface area contributed by atoms with Crippen molar-refractivity contribution < 1.29 is 23.0 Å². The van der Waals surface area contributed by atoms with Gasteiger partial charge in [0.25, 0.3) is 0 Å². The zero-order chi connectivity index (χ0) is 27.0. The van der Waals surface area contributed by atoms with Gasteiger partial charge in [-0.25, -0.2) is 19.4 Å². The monoisotopic (exact) mass is 535 g/mol. The van der Waals surface area contributed by atoms with Crippen molar-refractivity contribution in [2.75, 3.05) is 54.5 Å². The van der Waals surface area contributed by atoms with Crippen LogP contribution in [0.5, 0.6) is 5.75 Å². The Hall–Kier alpha value is -3.89. The first-order chi connectivity index (χ1) is 18.9. The number of piperazine rings is 1. The van der Waals surface area contributed by atoms with Gasteiger partial charge in [0.2, 0.25) is 0 Å². The molecule has 1 aliphatic carbocycles. The third-order valence-corrected chi connectivity index (χ3v) is 8.04. The summed E-state index contributed by atoms with van der Waals surface area (Å²) in [5.74, 6) is 5.14. The lowest BCUT2D eigenvalue weighted by Gasteiger charge is -2.37. The third kappa shape index (κ3) is 5.09. The summed E-state index contributed by atoms with van der Waals surface area (Å²) in [6, 6.07) is 19.1. The number of ether oxygens (including phenoxy) is 2. The molecule has 0 spiro atoms. The van der Waals surface area contributed by atoms with Crippen molar-refractivity contribution in [1.82, 2.24) is 5.43 Å². The van der Waals surface area contributed by atoms with Crippen LogP contribution in [-0.4, -0.2) is 45.4 Å². The lowest BCUT2D eigenvalue weighted by Crippen LogP contribution is -2.46. The molecule has 2 saturated heterocycles. The van der Waals surface area contributed by atoms with E-state index in [4.69, 9.17) is 15.3 Å². The van der Waals surface area contributed by atoms with Crippen molar-refractivity contribution in [2.24, 2.45) is 17.7 Å². The molecule has 0 radical (unpaired) electrons. The number of hydrogen-bond donors (Lipinski definition) is 3. The number of hydrogen-bond acceptors (Lipinski definition) is 6. The maximum atomic E-state index is 14.3. The van der Waals surface area contributed by atoms with Crippen LogP contribution in [0.25, 0.3) is 0 Å². The summed E-state index contributed by atoms with van der Waals surface area (Å²) in [7, 11) is 0. The molecule has 2 amide bonds. The van der Waals surface area contributed by atoms with E-state index in [1.54, 1.807) is 0 Å². The molecule has 1 saturated carbocycles. The molecule has 6 rings (SSSR count). The highest BCUT2D eigenvalue weighted by Crippen LogP contribution is 2.63. The Labute approximate surface area is 225 Å². The van der Waals surface area contributed by atoms with E-state index in [9.17, 15) is 13.6 Å². The highest BCUT2D eigenvalue weighted by atomic mass is 19.1. The zero-order valence-corrected chi connectivity index (χ0v) is 21.4. The van der Waals surface area contributed by atoms with Crippen molar-refractivity contribution in [3.05, 3.63) is 83.9 Å². The highest BCUT2D eigenvalue weighted by Gasteiger charge is 2.65. The molecule has 8 nitrogen and oxygen atoms in total. The first kappa shape index (κ1) is 25.4. The van der Waals surface area contributed by atoms with Gasteiger partial charge >= 0.3 is 6.03 Å². The third-order valence-electron chi connectivity index (χ3n) is 8.04. The minimum absolute atomic E-state index is 0.171. The van der Waals surface area contributed by atoms with Crippen LogP contribution < -0.4 is 31.1 Å². The van der Waals surface area contributed by atoms with E-state index in [-0.39, 0.29) is 11.8 Å². The zero-order valence-electron chi connectivity index (χ0n) is 21.4. The van der Waals surface area contributed by atoms with E-state index in [1.165, 1.54) is 12.1 Å². The van der Waals surface area contributed by atoms with Gasteiger partial charge in [-0.2, -0.15) is 0 Å². The molecule has 0 aromatic heterocycles. The van der Waals surface area contributed by atoms with Gasteiger partial charge in [-0.05, 0) is 61.0 Å². The maximum Gasteiger partial charge on any atom is 0.333 e. The second-order valence-electron chi connectivity index (χ2n) is 10.3. The number of urea groups is 1. The normalized spacial score (nSPS) is 23.8. The van der Waals surface area contributed by atoms with Crippen LogP contribution in [0, 0.1) is 23.5 Å². The SMILES string of the molecule is NNC(=O)Nc1ccc(N2CCN(c3ccc(OC[C@@H]4CO[C@]5(c6ccc(F)cc6F)CC45)cc3)CC2)cc1. The number of nitrogens with one attached hydrogen (secondary N) is 2. The van der Waals surface area contributed by atoms with Crippen LogP contribution in [0.2, 0.25) is 0 Å². The van der Waals surface area contributed by atoms with Crippen LogP contribution in [0.4, 0.5) is 30.6 Å². The molecule has 39 heavy (non-hydrogen) atoms. The molecule has 3 aliphatic rings. The molecular weight excluding hydrogens is 504 g/mol. The number of nitrogens with two attached hydrogens (primary N) is 1. The highest BCUT2D eigenvalue weighted by molar-refractivity contribution is 5.88. The van der Waals surface area contributed by atoms with Crippen molar-refractivity contribution in [3.8, 4) is 5.75 Å². The maximum absolute atomic E-state index is 14.3. The van der Waals surface area contributed by atoms with Crippen LogP contribution in [0.1, 0.15) is 12.0 Å². The fourth-order valence-corrected chi connectivity index (χ4v) is 5.84. The van der Waals surface area contributed by atoms with Gasteiger partial charge < -0.3 is 24.6 Å². The van der Waals surface area contributed by atoms with Gasteiger partial charge in [0.05, 0.1) is 18.8 Å². The number of halogens is 2. The lowest BCUT2D eigenvalue weighted by molar-refractivity contribution is 0.0491. The lowest BCUT2D eigenvalue weighted by atomic mass is 10.0. The molecule has 0 bridgehead atoms. The average Bonchev–Trinajstić information content (AvgIpc) is 3.58. The van der Waals surface area contributed by atoms with Crippen molar-refractivity contribution in [3.63, 3.8) is 0 Å². The smallest absolute Gasteiger partial charge is 0.333 e. The number of rotatable bonds is 7. The van der Waals surface area contributed by atoms with Crippen molar-refractivity contribution in [1.29, 1.82) is 0 Å². The molecule has 3 aromatic carbocycles. The van der Waals surface area contributed by atoms with Gasteiger partial charge in [0, 0.05) is 66.7 Å². The van der Waals surface area contributed by atoms with E-state index in [1.807, 2.05) is 41.8 Å². The Morgan fingerprint density at radius 1 is 0.974 bits per heavy atom. The van der Waals surface area contributed by atoms with Crippen LogP contribution >= 0.6 is 0 Å². The molecule has 204 valence electrons. The fraction of sp³-hybridized carbons (Fsp3) is 0.345. The first-order valence-electron chi connectivity index (χ1n) is 13.1. The Morgan fingerprint density at radius 2 is 1.62 bits per heavy atom. The molecule has 3 atom stereocenters. The van der Waals surface area contributed by atoms with Crippen LogP contribution in [0.3, 0.4) is 0 Å². The summed E-state index contributed by atoms with van der Waals surface area (Å²) in [5.41, 5.74) is 4.80. The number of carbonyl (C=O) groups is 1. The average molecular weight is 536 g/mol. The Kier molecular flexibility index (Phi) is 6.74. The van der Waals surface area contributed by atoms with Crippen molar-refractivity contribution in [2.45, 2.75) is 12.0 Å². The fourth-order valence-electron chi connectivity index (χ4n) is 5.84.